The average Bonchev–Trinajstić information content (AvgIpc) is 3.20. The fourth-order valence-corrected chi connectivity index (χ4v) is 4.19. The van der Waals surface area contributed by atoms with Gasteiger partial charge in [-0.2, -0.15) is 0 Å². The fraction of sp³-hybridized carbons (Fsp3) is 0.417. The molecular weight excluding hydrogens is 360 g/mol. The Morgan fingerprint density at radius 3 is 2.17 bits per heavy atom. The SMILES string of the molecule is CCNC(=NCCCC(=O)N1Cc2ccccc2C1)N1CCc2ccccc2C1. The van der Waals surface area contributed by atoms with Crippen LogP contribution in [0.25, 0.3) is 0 Å². The normalized spacial score (nSPS) is 15.8. The van der Waals surface area contributed by atoms with E-state index in [1.165, 1.54) is 22.3 Å². The third kappa shape index (κ3) is 4.61. The molecule has 5 nitrogen and oxygen atoms in total. The number of nitrogens with one attached hydrogen (secondary N) is 1. The smallest absolute Gasteiger partial charge is 0.223 e. The van der Waals surface area contributed by atoms with Crippen molar-refractivity contribution in [2.75, 3.05) is 19.6 Å². The van der Waals surface area contributed by atoms with E-state index in [0.717, 1.165) is 51.5 Å². The Morgan fingerprint density at radius 2 is 1.52 bits per heavy atom. The van der Waals surface area contributed by atoms with E-state index in [1.807, 2.05) is 17.0 Å². The number of hydrogen-bond donors (Lipinski definition) is 1. The van der Waals surface area contributed by atoms with Crippen LogP contribution in [0.1, 0.15) is 42.0 Å². The molecule has 0 aromatic heterocycles. The van der Waals surface area contributed by atoms with Gasteiger partial charge >= 0.3 is 0 Å². The molecule has 0 spiro atoms. The molecule has 2 aliphatic rings. The van der Waals surface area contributed by atoms with Gasteiger partial charge in [0.2, 0.25) is 5.91 Å². The third-order valence-electron chi connectivity index (χ3n) is 5.77. The highest BCUT2D eigenvalue weighted by molar-refractivity contribution is 5.80. The van der Waals surface area contributed by atoms with Crippen molar-refractivity contribution in [3.63, 3.8) is 0 Å². The Kier molecular flexibility index (Phi) is 6.13. The highest BCUT2D eigenvalue weighted by atomic mass is 16.2. The second kappa shape index (κ2) is 9.12. The average molecular weight is 391 g/mol. The molecule has 0 bridgehead atoms. The van der Waals surface area contributed by atoms with E-state index < -0.39 is 0 Å². The van der Waals surface area contributed by atoms with Crippen LogP contribution in [0.15, 0.2) is 53.5 Å². The summed E-state index contributed by atoms with van der Waals surface area (Å²) in [5.41, 5.74) is 5.38. The topological polar surface area (TPSA) is 47.9 Å². The van der Waals surface area contributed by atoms with Gasteiger partial charge in [0.15, 0.2) is 5.96 Å². The maximum absolute atomic E-state index is 12.6. The molecule has 2 aromatic carbocycles. The number of rotatable bonds is 5. The van der Waals surface area contributed by atoms with Crippen LogP contribution in [-0.2, 0) is 30.8 Å². The summed E-state index contributed by atoms with van der Waals surface area (Å²) in [6, 6.07) is 17.0. The quantitative estimate of drug-likeness (QED) is 0.484. The largest absolute Gasteiger partial charge is 0.357 e. The summed E-state index contributed by atoms with van der Waals surface area (Å²) in [7, 11) is 0. The van der Waals surface area contributed by atoms with Crippen LogP contribution in [-0.4, -0.2) is 41.3 Å². The summed E-state index contributed by atoms with van der Waals surface area (Å²) in [5, 5.41) is 3.42. The van der Waals surface area contributed by atoms with Crippen molar-refractivity contribution in [3.8, 4) is 0 Å². The Bertz CT molecular complexity index is 867. The molecule has 0 radical (unpaired) electrons. The van der Waals surface area contributed by atoms with Crippen molar-refractivity contribution in [3.05, 3.63) is 70.8 Å². The Hall–Kier alpha value is -2.82. The van der Waals surface area contributed by atoms with Crippen molar-refractivity contribution in [2.45, 2.75) is 45.8 Å². The van der Waals surface area contributed by atoms with E-state index in [-0.39, 0.29) is 5.91 Å². The summed E-state index contributed by atoms with van der Waals surface area (Å²) >= 11 is 0. The number of aliphatic imine (C=N–C) groups is 1. The molecule has 1 amide bonds. The zero-order chi connectivity index (χ0) is 20.1. The Morgan fingerprint density at radius 1 is 0.931 bits per heavy atom. The van der Waals surface area contributed by atoms with E-state index in [1.54, 1.807) is 0 Å². The second-order valence-corrected chi connectivity index (χ2v) is 7.80. The third-order valence-corrected chi connectivity index (χ3v) is 5.77. The summed E-state index contributed by atoms with van der Waals surface area (Å²) in [5.74, 6) is 1.19. The molecule has 4 rings (SSSR count). The number of nitrogens with zero attached hydrogens (tertiary/aromatic N) is 3. The summed E-state index contributed by atoms with van der Waals surface area (Å²) in [6.07, 6.45) is 2.39. The second-order valence-electron chi connectivity index (χ2n) is 7.80. The van der Waals surface area contributed by atoms with Crippen molar-refractivity contribution in [1.29, 1.82) is 0 Å². The molecule has 1 N–H and O–H groups in total. The van der Waals surface area contributed by atoms with Crippen molar-refractivity contribution in [2.24, 2.45) is 4.99 Å². The minimum absolute atomic E-state index is 0.230. The number of amides is 1. The lowest BCUT2D eigenvalue weighted by Gasteiger charge is -2.31. The molecule has 2 aromatic rings. The van der Waals surface area contributed by atoms with Crippen LogP contribution in [0.4, 0.5) is 0 Å². The first-order valence-corrected chi connectivity index (χ1v) is 10.7. The van der Waals surface area contributed by atoms with Crippen molar-refractivity contribution in [1.82, 2.24) is 15.1 Å². The lowest BCUT2D eigenvalue weighted by molar-refractivity contribution is -0.131. The number of carbonyl (C=O) groups is 1. The summed E-state index contributed by atoms with van der Waals surface area (Å²) in [4.78, 5) is 21.7. The van der Waals surface area contributed by atoms with Crippen LogP contribution in [0, 0.1) is 0 Å². The maximum Gasteiger partial charge on any atom is 0.223 e. The minimum atomic E-state index is 0.230. The molecule has 0 aliphatic carbocycles. The molecule has 0 saturated heterocycles. The monoisotopic (exact) mass is 390 g/mol. The maximum atomic E-state index is 12.6. The van der Waals surface area contributed by atoms with E-state index in [9.17, 15) is 4.79 Å². The molecule has 29 heavy (non-hydrogen) atoms. The van der Waals surface area contributed by atoms with E-state index in [0.29, 0.717) is 13.0 Å². The van der Waals surface area contributed by atoms with Crippen LogP contribution in [0.2, 0.25) is 0 Å². The molecule has 2 heterocycles. The fourth-order valence-electron chi connectivity index (χ4n) is 4.19. The van der Waals surface area contributed by atoms with Gasteiger partial charge in [-0.25, -0.2) is 0 Å². The molecule has 0 unspecified atom stereocenters. The molecule has 0 saturated carbocycles. The minimum Gasteiger partial charge on any atom is -0.357 e. The Labute approximate surface area is 173 Å². The van der Waals surface area contributed by atoms with Gasteiger partial charge in [0.25, 0.3) is 0 Å². The molecule has 0 atom stereocenters. The van der Waals surface area contributed by atoms with Crippen molar-refractivity contribution >= 4 is 11.9 Å². The molecule has 0 fully saturated rings. The first-order chi connectivity index (χ1) is 14.2. The number of carbonyl (C=O) groups excluding carboxylic acids is 1. The first kappa shape index (κ1) is 19.5. The van der Waals surface area contributed by atoms with Gasteiger partial charge < -0.3 is 15.1 Å². The van der Waals surface area contributed by atoms with Gasteiger partial charge in [-0.1, -0.05) is 48.5 Å². The predicted molar refractivity (Wildman–Crippen MR) is 116 cm³/mol. The highest BCUT2D eigenvalue weighted by Gasteiger charge is 2.22. The molecule has 5 heteroatoms. The first-order valence-electron chi connectivity index (χ1n) is 10.7. The van der Waals surface area contributed by atoms with Gasteiger partial charge in [0.1, 0.15) is 0 Å². The molecular formula is C24H30N4O. The van der Waals surface area contributed by atoms with Gasteiger partial charge in [0.05, 0.1) is 0 Å². The van der Waals surface area contributed by atoms with Gasteiger partial charge in [-0.3, -0.25) is 9.79 Å². The number of guanidine groups is 1. The van der Waals surface area contributed by atoms with Crippen LogP contribution in [0.5, 0.6) is 0 Å². The summed E-state index contributed by atoms with van der Waals surface area (Å²) in [6.45, 7) is 6.99. The highest BCUT2D eigenvalue weighted by Crippen LogP contribution is 2.23. The lowest BCUT2D eigenvalue weighted by atomic mass is 10.0. The Balaban J connectivity index is 1.29. The van der Waals surface area contributed by atoms with Crippen LogP contribution in [0.3, 0.4) is 0 Å². The standard InChI is InChI=1S/C24H30N4O/c1-2-25-24(27-15-13-19-8-3-4-9-20(19)16-27)26-14-7-12-23(29)28-17-21-10-5-6-11-22(21)18-28/h3-6,8-11H,2,7,12-18H2,1H3,(H,25,26). The van der Waals surface area contributed by atoms with E-state index in [4.69, 9.17) is 4.99 Å². The van der Waals surface area contributed by atoms with Crippen LogP contribution >= 0.6 is 0 Å². The van der Waals surface area contributed by atoms with Gasteiger partial charge in [-0.05, 0) is 42.0 Å². The van der Waals surface area contributed by atoms with Crippen molar-refractivity contribution < 1.29 is 4.79 Å². The van der Waals surface area contributed by atoms with Crippen LogP contribution < -0.4 is 5.32 Å². The predicted octanol–water partition coefficient (Wildman–Crippen LogP) is 3.33. The lowest BCUT2D eigenvalue weighted by Crippen LogP contribution is -2.44. The van der Waals surface area contributed by atoms with E-state index in [2.05, 4.69) is 53.5 Å². The zero-order valence-electron chi connectivity index (χ0n) is 17.2. The molecule has 2 aliphatic heterocycles. The summed E-state index contributed by atoms with van der Waals surface area (Å²) < 4.78 is 0. The van der Waals surface area contributed by atoms with E-state index >= 15 is 0 Å². The number of hydrogen-bond acceptors (Lipinski definition) is 2. The van der Waals surface area contributed by atoms with Gasteiger partial charge in [0, 0.05) is 45.7 Å². The van der Waals surface area contributed by atoms with Gasteiger partial charge in [-0.15, -0.1) is 0 Å². The number of fused-ring (bicyclic) bond motifs is 2. The molecule has 152 valence electrons. The zero-order valence-corrected chi connectivity index (χ0v) is 17.2. The number of benzene rings is 2.